The molecule has 0 spiro atoms. The van der Waals surface area contributed by atoms with Crippen LogP contribution in [0.3, 0.4) is 0 Å². The lowest BCUT2D eigenvalue weighted by Crippen LogP contribution is -2.30. The largest absolute Gasteiger partial charge is 0.462 e. The molecule has 0 aliphatic rings. The lowest BCUT2D eigenvalue weighted by Gasteiger charge is -2.18. The molecule has 0 aliphatic carbocycles. The van der Waals surface area contributed by atoms with Crippen LogP contribution in [0.2, 0.25) is 0 Å². The summed E-state index contributed by atoms with van der Waals surface area (Å²) in [6.45, 7) is 6.29. The molecule has 424 valence electrons. The van der Waals surface area contributed by atoms with E-state index in [1.54, 1.807) is 0 Å². The van der Waals surface area contributed by atoms with Gasteiger partial charge in [-0.3, -0.25) is 14.4 Å². The third-order valence-electron chi connectivity index (χ3n) is 12.6. The molecule has 1 atom stereocenters. The Kier molecular flexibility index (Phi) is 58.4. The highest BCUT2D eigenvalue weighted by Crippen LogP contribution is 2.15. The molecule has 0 aromatic heterocycles. The van der Waals surface area contributed by atoms with Gasteiger partial charge in [-0.15, -0.1) is 0 Å². The smallest absolute Gasteiger partial charge is 0.306 e. The highest BCUT2D eigenvalue weighted by atomic mass is 16.6. The molecule has 0 fully saturated rings. The summed E-state index contributed by atoms with van der Waals surface area (Å²) in [6.07, 6.45) is 87.7. The molecule has 75 heavy (non-hydrogen) atoms. The van der Waals surface area contributed by atoms with E-state index < -0.39 is 6.10 Å². The van der Waals surface area contributed by atoms with E-state index in [9.17, 15) is 14.4 Å². The topological polar surface area (TPSA) is 78.9 Å². The molecule has 0 N–H and O–H groups in total. The average Bonchev–Trinajstić information content (AvgIpc) is 3.41. The lowest BCUT2D eigenvalue weighted by atomic mass is 10.0. The second-order valence-corrected chi connectivity index (χ2v) is 19.8. The van der Waals surface area contributed by atoms with Gasteiger partial charge in [0.2, 0.25) is 0 Å². The Labute approximate surface area is 462 Å². The Balaban J connectivity index is 4.32. The molecule has 0 saturated heterocycles. The second-order valence-electron chi connectivity index (χ2n) is 19.8. The Hall–Kier alpha value is -4.45. The molecule has 0 aromatic carbocycles. The summed E-state index contributed by atoms with van der Waals surface area (Å²) in [5.41, 5.74) is 0. The number of rotatable bonds is 54. The minimum atomic E-state index is -0.833. The van der Waals surface area contributed by atoms with Gasteiger partial charge < -0.3 is 14.2 Å². The van der Waals surface area contributed by atoms with Crippen molar-refractivity contribution >= 4 is 17.9 Å². The molecular weight excluding hydrogens is 925 g/mol. The van der Waals surface area contributed by atoms with Crippen molar-refractivity contribution in [3.63, 3.8) is 0 Å². The molecular formula is C69H112O6. The van der Waals surface area contributed by atoms with Crippen molar-refractivity contribution < 1.29 is 28.6 Å². The third kappa shape index (κ3) is 60.3. The maximum absolute atomic E-state index is 12.8. The van der Waals surface area contributed by atoms with Gasteiger partial charge in [-0.2, -0.15) is 0 Å². The van der Waals surface area contributed by atoms with Crippen LogP contribution in [-0.4, -0.2) is 37.2 Å². The van der Waals surface area contributed by atoms with Gasteiger partial charge in [-0.05, 0) is 122 Å². The molecule has 0 aliphatic heterocycles. The van der Waals surface area contributed by atoms with Crippen LogP contribution in [0.15, 0.2) is 134 Å². The maximum Gasteiger partial charge on any atom is 0.306 e. The Morgan fingerprint density at radius 3 is 0.920 bits per heavy atom. The molecule has 6 heteroatoms. The summed E-state index contributed by atoms with van der Waals surface area (Å²) < 4.78 is 16.8. The van der Waals surface area contributed by atoms with E-state index in [-0.39, 0.29) is 44.0 Å². The van der Waals surface area contributed by atoms with Gasteiger partial charge in [0.15, 0.2) is 6.10 Å². The number of esters is 3. The monoisotopic (exact) mass is 1040 g/mol. The minimum absolute atomic E-state index is 0.120. The van der Waals surface area contributed by atoms with Crippen LogP contribution in [0.25, 0.3) is 0 Å². The van der Waals surface area contributed by atoms with E-state index in [1.807, 2.05) is 12.2 Å². The van der Waals surface area contributed by atoms with Crippen molar-refractivity contribution in [2.24, 2.45) is 0 Å². The van der Waals surface area contributed by atoms with Crippen LogP contribution >= 0.6 is 0 Å². The van der Waals surface area contributed by atoms with Gasteiger partial charge in [0, 0.05) is 19.3 Å². The SMILES string of the molecule is CC/C=C\C/C=C\C/C=C\C/C=C\CCCCC(=O)OC(COC(=O)CC/C=C\C/C=C\C/C=C\C/C=C\CC)COC(=O)CCCCCCCCCCCCCCCC/C=C\C/C=C\C/C=C\CCCCCCC. The van der Waals surface area contributed by atoms with Crippen LogP contribution in [0, 0.1) is 0 Å². The van der Waals surface area contributed by atoms with Crippen molar-refractivity contribution in [2.75, 3.05) is 13.2 Å². The number of hydrogen-bond donors (Lipinski definition) is 0. The number of carbonyl (C=O) groups is 3. The first kappa shape index (κ1) is 70.5. The molecule has 0 radical (unpaired) electrons. The molecule has 0 heterocycles. The van der Waals surface area contributed by atoms with Gasteiger partial charge >= 0.3 is 17.9 Å². The van der Waals surface area contributed by atoms with E-state index in [0.29, 0.717) is 19.3 Å². The van der Waals surface area contributed by atoms with E-state index in [2.05, 4.69) is 142 Å². The van der Waals surface area contributed by atoms with Crippen molar-refractivity contribution in [3.05, 3.63) is 134 Å². The average molecular weight is 1040 g/mol. The van der Waals surface area contributed by atoms with Crippen LogP contribution < -0.4 is 0 Å². The van der Waals surface area contributed by atoms with Crippen molar-refractivity contribution in [1.82, 2.24) is 0 Å². The molecule has 0 aromatic rings. The molecule has 0 rings (SSSR count). The van der Waals surface area contributed by atoms with Crippen molar-refractivity contribution in [2.45, 2.75) is 271 Å². The normalized spacial score (nSPS) is 13.1. The van der Waals surface area contributed by atoms with Gasteiger partial charge in [0.1, 0.15) is 13.2 Å². The zero-order valence-electron chi connectivity index (χ0n) is 48.5. The Morgan fingerprint density at radius 2 is 0.547 bits per heavy atom. The number of hydrogen-bond acceptors (Lipinski definition) is 6. The van der Waals surface area contributed by atoms with E-state index in [1.165, 1.54) is 116 Å². The second kappa shape index (κ2) is 62.1. The van der Waals surface area contributed by atoms with Crippen LogP contribution in [0.5, 0.6) is 0 Å². The fourth-order valence-electron chi connectivity index (χ4n) is 8.10. The van der Waals surface area contributed by atoms with E-state index in [0.717, 1.165) is 96.3 Å². The first-order valence-electron chi connectivity index (χ1n) is 30.7. The minimum Gasteiger partial charge on any atom is -0.462 e. The Morgan fingerprint density at radius 1 is 0.280 bits per heavy atom. The quantitative estimate of drug-likeness (QED) is 0.0261. The zero-order chi connectivity index (χ0) is 54.3. The summed E-state index contributed by atoms with van der Waals surface area (Å²) in [5.74, 6) is -1.05. The maximum atomic E-state index is 12.8. The molecule has 6 nitrogen and oxygen atoms in total. The molecule has 1 unspecified atom stereocenters. The summed E-state index contributed by atoms with van der Waals surface area (Å²) >= 11 is 0. The highest BCUT2D eigenvalue weighted by Gasteiger charge is 2.19. The van der Waals surface area contributed by atoms with Gasteiger partial charge in [0.25, 0.3) is 0 Å². The highest BCUT2D eigenvalue weighted by molar-refractivity contribution is 5.71. The van der Waals surface area contributed by atoms with Gasteiger partial charge in [0.05, 0.1) is 0 Å². The molecule has 0 amide bonds. The van der Waals surface area contributed by atoms with Crippen LogP contribution in [-0.2, 0) is 28.6 Å². The molecule has 0 saturated carbocycles. The van der Waals surface area contributed by atoms with E-state index in [4.69, 9.17) is 14.2 Å². The number of carbonyl (C=O) groups excluding carboxylic acids is 3. The fourth-order valence-corrected chi connectivity index (χ4v) is 8.10. The first-order chi connectivity index (χ1) is 37.0. The number of allylic oxidation sites excluding steroid dienone is 22. The van der Waals surface area contributed by atoms with Crippen molar-refractivity contribution in [1.29, 1.82) is 0 Å². The van der Waals surface area contributed by atoms with Crippen molar-refractivity contribution in [3.8, 4) is 0 Å². The number of unbranched alkanes of at least 4 members (excludes halogenated alkanes) is 21. The third-order valence-corrected chi connectivity index (χ3v) is 12.6. The standard InChI is InChI=1S/C69H112O6/c1-4-7-10-13-16-19-22-25-27-28-29-30-31-32-33-34-35-36-37-38-39-40-42-44-47-50-53-56-59-62-68(71)74-65-66(64-73-67(70)61-58-55-52-49-46-43-24-21-18-15-12-9-6-3)75-69(72)63-60-57-54-51-48-45-41-26-23-20-17-14-11-8-5-2/h8-9,11-12,17-18,20-22,25-26,28-29,31-32,41,43,46,48,51-52,55,66H,4-7,10,13-16,19,23-24,27,30,33-40,42,44-45,47,49-50,53-54,56-65H2,1-3H3/b11-8-,12-9-,20-17-,21-18-,25-22-,29-28-,32-31-,41-26-,46-43-,51-48-,55-52-. The molecule has 0 bridgehead atoms. The van der Waals surface area contributed by atoms with Gasteiger partial charge in [-0.25, -0.2) is 0 Å². The van der Waals surface area contributed by atoms with E-state index >= 15 is 0 Å². The fraction of sp³-hybridized carbons (Fsp3) is 0.638. The lowest BCUT2D eigenvalue weighted by molar-refractivity contribution is -0.166. The Bertz CT molecular complexity index is 1620. The zero-order valence-corrected chi connectivity index (χ0v) is 48.5. The summed E-state index contributed by atoms with van der Waals surface area (Å²) in [6, 6.07) is 0. The van der Waals surface area contributed by atoms with Crippen LogP contribution in [0.1, 0.15) is 265 Å². The summed E-state index contributed by atoms with van der Waals surface area (Å²) in [4.78, 5) is 38.1. The first-order valence-corrected chi connectivity index (χ1v) is 30.7. The summed E-state index contributed by atoms with van der Waals surface area (Å²) in [5, 5.41) is 0. The predicted octanol–water partition coefficient (Wildman–Crippen LogP) is 21.0. The van der Waals surface area contributed by atoms with Gasteiger partial charge in [-0.1, -0.05) is 257 Å². The van der Waals surface area contributed by atoms with Crippen LogP contribution in [0.4, 0.5) is 0 Å². The summed E-state index contributed by atoms with van der Waals surface area (Å²) in [7, 11) is 0. The predicted molar refractivity (Wildman–Crippen MR) is 325 cm³/mol. The number of ether oxygens (including phenoxy) is 3.